The Balaban J connectivity index is 1.60. The van der Waals surface area contributed by atoms with Gasteiger partial charge in [0.2, 0.25) is 6.79 Å². The first-order valence-electron chi connectivity index (χ1n) is 10.4. The molecule has 1 saturated heterocycles. The molecule has 0 amide bonds. The highest BCUT2D eigenvalue weighted by molar-refractivity contribution is 5.92. The van der Waals surface area contributed by atoms with Gasteiger partial charge >= 0.3 is 12.2 Å². The van der Waals surface area contributed by atoms with Crippen molar-refractivity contribution in [2.75, 3.05) is 54.7 Å². The fourth-order valence-electron chi connectivity index (χ4n) is 3.57. The van der Waals surface area contributed by atoms with Crippen molar-refractivity contribution in [1.29, 1.82) is 0 Å². The summed E-state index contributed by atoms with van der Waals surface area (Å²) in [4.78, 5) is 28.8. The molecule has 1 aliphatic rings. The lowest BCUT2D eigenvalue weighted by Crippen LogP contribution is -2.35. The first-order valence-corrected chi connectivity index (χ1v) is 10.4. The molecule has 31 heavy (non-hydrogen) atoms. The van der Waals surface area contributed by atoms with Gasteiger partial charge in [-0.25, -0.2) is 9.59 Å². The number of nitrogens with zero attached hydrogens (tertiary/aromatic N) is 3. The van der Waals surface area contributed by atoms with Crippen LogP contribution in [0.3, 0.4) is 0 Å². The smallest absolute Gasteiger partial charge is 0.497 e. The molecule has 1 aromatic carbocycles. The Kier molecular flexibility index (Phi) is 7.75. The molecule has 170 valence electrons. The van der Waals surface area contributed by atoms with Crippen molar-refractivity contribution in [1.82, 2.24) is 14.4 Å². The molecule has 0 radical (unpaired) electrons. The maximum absolute atomic E-state index is 12.6. The summed E-state index contributed by atoms with van der Waals surface area (Å²) < 4.78 is 22.1. The normalized spacial score (nSPS) is 15.3. The number of fused-ring (bicyclic) bond motifs is 1. The van der Waals surface area contributed by atoms with Crippen LogP contribution in [0.2, 0.25) is 0 Å². The third-order valence-corrected chi connectivity index (χ3v) is 5.41. The summed E-state index contributed by atoms with van der Waals surface area (Å²) in [5.74, 6) is 0.713. The van der Waals surface area contributed by atoms with E-state index in [1.807, 2.05) is 33.3 Å². The Bertz CT molecular complexity index is 902. The average Bonchev–Trinajstić information content (AvgIpc) is 3.11. The van der Waals surface area contributed by atoms with Crippen LogP contribution >= 0.6 is 0 Å². The first kappa shape index (κ1) is 22.9. The molecule has 2 heterocycles. The molecular formula is C22H31N3O6. The van der Waals surface area contributed by atoms with E-state index in [1.165, 1.54) is 4.57 Å². The summed E-state index contributed by atoms with van der Waals surface area (Å²) in [7, 11) is 7.63. The molecule has 0 unspecified atom stereocenters. The number of likely N-dealkylation sites (N-methyl/N-ethyl adjacent to an activating group) is 1. The number of hydrogen-bond acceptors (Lipinski definition) is 8. The van der Waals surface area contributed by atoms with E-state index >= 15 is 0 Å². The third kappa shape index (κ3) is 6.11. The fraction of sp³-hybridized carbons (Fsp3) is 0.545. The van der Waals surface area contributed by atoms with E-state index in [4.69, 9.17) is 18.9 Å². The van der Waals surface area contributed by atoms with Crippen LogP contribution in [-0.4, -0.2) is 87.4 Å². The highest BCUT2D eigenvalue weighted by Crippen LogP contribution is 2.27. The number of piperidine rings is 1. The van der Waals surface area contributed by atoms with Gasteiger partial charge in [-0.3, -0.25) is 4.57 Å². The van der Waals surface area contributed by atoms with E-state index in [1.54, 1.807) is 19.4 Å². The Morgan fingerprint density at radius 3 is 2.58 bits per heavy atom. The summed E-state index contributed by atoms with van der Waals surface area (Å²) in [5, 5.41) is 0.917. The molecule has 1 aliphatic heterocycles. The number of benzene rings is 1. The highest BCUT2D eigenvalue weighted by Gasteiger charge is 2.21. The van der Waals surface area contributed by atoms with Gasteiger partial charge in [0.15, 0.2) is 0 Å². The topological polar surface area (TPSA) is 82.5 Å². The maximum Gasteiger partial charge on any atom is 0.511 e. The third-order valence-electron chi connectivity index (χ3n) is 5.41. The van der Waals surface area contributed by atoms with Crippen LogP contribution in [0, 0.1) is 0 Å². The van der Waals surface area contributed by atoms with Gasteiger partial charge in [0.25, 0.3) is 0 Å². The standard InChI is InChI=1S/C22H31N3O6/c1-23(2)10-7-16-14-25(20-6-5-18(28-4)13-19(16)20)21(26)29-15-30-22(27)31-17-8-11-24(3)12-9-17/h5-6,13-14,17H,7-12,15H2,1-4H3. The van der Waals surface area contributed by atoms with Crippen molar-refractivity contribution in [3.05, 3.63) is 30.0 Å². The van der Waals surface area contributed by atoms with Crippen molar-refractivity contribution in [2.24, 2.45) is 0 Å². The maximum atomic E-state index is 12.6. The van der Waals surface area contributed by atoms with E-state index in [2.05, 4.69) is 9.80 Å². The zero-order chi connectivity index (χ0) is 22.4. The number of methoxy groups -OCH3 is 1. The molecule has 0 saturated carbocycles. The molecule has 0 aliphatic carbocycles. The number of carbonyl (C=O) groups is 2. The van der Waals surface area contributed by atoms with Crippen LogP contribution < -0.4 is 4.74 Å². The minimum Gasteiger partial charge on any atom is -0.497 e. The van der Waals surface area contributed by atoms with Gasteiger partial charge in [-0.05, 0) is 64.2 Å². The highest BCUT2D eigenvalue weighted by atomic mass is 16.8. The molecule has 9 nitrogen and oxygen atoms in total. The van der Waals surface area contributed by atoms with E-state index in [9.17, 15) is 9.59 Å². The lowest BCUT2D eigenvalue weighted by atomic mass is 10.1. The van der Waals surface area contributed by atoms with Crippen molar-refractivity contribution >= 4 is 23.2 Å². The van der Waals surface area contributed by atoms with Crippen LogP contribution in [0.15, 0.2) is 24.4 Å². The Hall–Kier alpha value is -2.78. The molecule has 2 aromatic rings. The Labute approximate surface area is 182 Å². The summed E-state index contributed by atoms with van der Waals surface area (Å²) in [6.07, 6.45) is 2.43. The SMILES string of the molecule is COc1ccc2c(c1)c(CCN(C)C)cn2C(=O)OCOC(=O)OC1CCN(C)CC1. The lowest BCUT2D eigenvalue weighted by Gasteiger charge is -2.28. The second kappa shape index (κ2) is 10.5. The second-order valence-corrected chi connectivity index (χ2v) is 8.00. The predicted molar refractivity (Wildman–Crippen MR) is 116 cm³/mol. The van der Waals surface area contributed by atoms with Gasteiger partial charge in [0.1, 0.15) is 11.9 Å². The monoisotopic (exact) mass is 433 g/mol. The number of carbonyl (C=O) groups excluding carboxylic acids is 2. The summed E-state index contributed by atoms with van der Waals surface area (Å²) in [5.41, 5.74) is 1.70. The van der Waals surface area contributed by atoms with E-state index in [-0.39, 0.29) is 6.10 Å². The molecule has 1 fully saturated rings. The quantitative estimate of drug-likeness (QED) is 0.487. The minimum absolute atomic E-state index is 0.165. The Morgan fingerprint density at radius 1 is 1.16 bits per heavy atom. The predicted octanol–water partition coefficient (Wildman–Crippen LogP) is 2.94. The molecule has 3 rings (SSSR count). The molecule has 0 bridgehead atoms. The van der Waals surface area contributed by atoms with Crippen molar-refractivity contribution in [3.63, 3.8) is 0 Å². The van der Waals surface area contributed by atoms with Crippen LogP contribution in [0.5, 0.6) is 5.75 Å². The van der Waals surface area contributed by atoms with E-state index < -0.39 is 19.0 Å². The van der Waals surface area contributed by atoms with Crippen LogP contribution in [0.1, 0.15) is 18.4 Å². The minimum atomic E-state index is -0.823. The molecule has 0 spiro atoms. The largest absolute Gasteiger partial charge is 0.511 e. The molecular weight excluding hydrogens is 402 g/mol. The van der Waals surface area contributed by atoms with Crippen LogP contribution in [0.25, 0.3) is 10.9 Å². The number of hydrogen-bond donors (Lipinski definition) is 0. The van der Waals surface area contributed by atoms with Crippen molar-refractivity contribution in [3.8, 4) is 5.75 Å². The van der Waals surface area contributed by atoms with E-state index in [0.717, 1.165) is 49.8 Å². The zero-order valence-corrected chi connectivity index (χ0v) is 18.6. The second-order valence-electron chi connectivity index (χ2n) is 8.00. The van der Waals surface area contributed by atoms with Gasteiger partial charge in [-0.1, -0.05) is 0 Å². The summed E-state index contributed by atoms with van der Waals surface area (Å²) in [6, 6.07) is 5.50. The molecule has 0 N–H and O–H groups in total. The fourth-order valence-corrected chi connectivity index (χ4v) is 3.57. The van der Waals surface area contributed by atoms with Gasteiger partial charge < -0.3 is 28.7 Å². The number of likely N-dealkylation sites (tertiary alicyclic amines) is 1. The lowest BCUT2D eigenvalue weighted by molar-refractivity contribution is -0.0386. The number of aromatic nitrogens is 1. The zero-order valence-electron chi connectivity index (χ0n) is 18.6. The molecule has 0 atom stereocenters. The van der Waals surface area contributed by atoms with Crippen molar-refractivity contribution < 1.29 is 28.5 Å². The van der Waals surface area contributed by atoms with Crippen LogP contribution in [-0.2, 0) is 20.6 Å². The average molecular weight is 434 g/mol. The molecule has 1 aromatic heterocycles. The number of ether oxygens (including phenoxy) is 4. The first-order chi connectivity index (χ1) is 14.9. The van der Waals surface area contributed by atoms with Crippen LogP contribution in [0.4, 0.5) is 9.59 Å². The summed E-state index contributed by atoms with van der Waals surface area (Å²) in [6.45, 7) is 2.06. The van der Waals surface area contributed by atoms with Gasteiger partial charge in [-0.15, -0.1) is 0 Å². The van der Waals surface area contributed by atoms with Gasteiger partial charge in [0, 0.05) is 31.2 Å². The van der Waals surface area contributed by atoms with Gasteiger partial charge in [0.05, 0.1) is 12.6 Å². The summed E-state index contributed by atoms with van der Waals surface area (Å²) >= 11 is 0. The number of rotatable bonds is 7. The van der Waals surface area contributed by atoms with Gasteiger partial charge in [-0.2, -0.15) is 0 Å². The van der Waals surface area contributed by atoms with Crippen molar-refractivity contribution in [2.45, 2.75) is 25.4 Å². The Morgan fingerprint density at radius 2 is 1.90 bits per heavy atom. The molecule has 9 heteroatoms. The van der Waals surface area contributed by atoms with E-state index in [0.29, 0.717) is 11.3 Å².